The molecule has 1 aromatic rings. The summed E-state index contributed by atoms with van der Waals surface area (Å²) in [4.78, 5) is 10.4. The molecule has 66 valence electrons. The largest absolute Gasteiger partial charge is 0.481 e. The van der Waals surface area contributed by atoms with Crippen molar-refractivity contribution in [3.05, 3.63) is 24.2 Å². The van der Waals surface area contributed by atoms with Gasteiger partial charge in [0.2, 0.25) is 0 Å². The summed E-state index contributed by atoms with van der Waals surface area (Å²) in [6, 6.07) is 1.67. The van der Waals surface area contributed by atoms with Crippen LogP contribution in [-0.4, -0.2) is 11.1 Å². The molecular formula is C8H11NO3. The van der Waals surface area contributed by atoms with Gasteiger partial charge >= 0.3 is 5.97 Å². The summed E-state index contributed by atoms with van der Waals surface area (Å²) in [6.07, 6.45) is 2.83. The van der Waals surface area contributed by atoms with Crippen LogP contribution in [0.2, 0.25) is 0 Å². The van der Waals surface area contributed by atoms with E-state index in [0.717, 1.165) is 0 Å². The van der Waals surface area contributed by atoms with Crippen LogP contribution in [0.15, 0.2) is 23.0 Å². The van der Waals surface area contributed by atoms with E-state index in [1.54, 1.807) is 13.0 Å². The van der Waals surface area contributed by atoms with Gasteiger partial charge in [-0.25, -0.2) is 0 Å². The predicted molar refractivity (Wildman–Crippen MR) is 42.5 cm³/mol. The van der Waals surface area contributed by atoms with Crippen LogP contribution in [0.4, 0.5) is 0 Å². The lowest BCUT2D eigenvalue weighted by Gasteiger charge is -2.20. The second-order valence-electron chi connectivity index (χ2n) is 3.00. The Hall–Kier alpha value is -1.29. The number of carboxylic acid groups (broad SMARTS) is 1. The Kier molecular flexibility index (Phi) is 2.19. The van der Waals surface area contributed by atoms with Gasteiger partial charge in [-0.15, -0.1) is 0 Å². The van der Waals surface area contributed by atoms with Gasteiger partial charge in [-0.1, -0.05) is 0 Å². The smallest absolute Gasteiger partial charge is 0.305 e. The van der Waals surface area contributed by atoms with Crippen molar-refractivity contribution in [1.29, 1.82) is 0 Å². The highest BCUT2D eigenvalue weighted by molar-refractivity contribution is 5.68. The minimum absolute atomic E-state index is 0.105. The molecule has 12 heavy (non-hydrogen) atoms. The predicted octanol–water partition coefficient (Wildman–Crippen LogP) is 0.928. The Labute approximate surface area is 70.0 Å². The lowest BCUT2D eigenvalue weighted by Crippen LogP contribution is -2.35. The summed E-state index contributed by atoms with van der Waals surface area (Å²) in [5, 5.41) is 8.54. The first kappa shape index (κ1) is 8.80. The van der Waals surface area contributed by atoms with Crippen molar-refractivity contribution in [1.82, 2.24) is 0 Å². The van der Waals surface area contributed by atoms with E-state index in [-0.39, 0.29) is 6.42 Å². The van der Waals surface area contributed by atoms with E-state index in [4.69, 9.17) is 15.3 Å². The number of aliphatic carboxylic acids is 1. The Bertz CT molecular complexity index is 264. The minimum Gasteiger partial charge on any atom is -0.481 e. The lowest BCUT2D eigenvalue weighted by atomic mass is 9.92. The maximum absolute atomic E-state index is 10.4. The standard InChI is InChI=1S/C8H11NO3/c1-8(9,4-7(10)11)6-2-3-12-5-6/h2-3,5H,4,9H2,1H3,(H,10,11). The highest BCUT2D eigenvalue weighted by Gasteiger charge is 2.25. The molecular weight excluding hydrogens is 158 g/mol. The van der Waals surface area contributed by atoms with Gasteiger partial charge in [0.05, 0.1) is 24.5 Å². The van der Waals surface area contributed by atoms with Crippen LogP contribution in [0, 0.1) is 0 Å². The van der Waals surface area contributed by atoms with Crippen molar-refractivity contribution in [3.63, 3.8) is 0 Å². The van der Waals surface area contributed by atoms with Crippen molar-refractivity contribution in [2.75, 3.05) is 0 Å². The quantitative estimate of drug-likeness (QED) is 0.705. The number of hydrogen-bond acceptors (Lipinski definition) is 3. The van der Waals surface area contributed by atoms with Crippen LogP contribution in [0.25, 0.3) is 0 Å². The van der Waals surface area contributed by atoms with Crippen LogP contribution in [0.3, 0.4) is 0 Å². The van der Waals surface area contributed by atoms with Crippen molar-refractivity contribution in [2.24, 2.45) is 5.73 Å². The fourth-order valence-electron chi connectivity index (χ4n) is 1.01. The third-order valence-corrected chi connectivity index (χ3v) is 1.70. The normalized spacial score (nSPS) is 15.5. The molecule has 0 aliphatic heterocycles. The van der Waals surface area contributed by atoms with Gasteiger partial charge in [0.25, 0.3) is 0 Å². The van der Waals surface area contributed by atoms with E-state index >= 15 is 0 Å². The van der Waals surface area contributed by atoms with Gasteiger partial charge in [-0.3, -0.25) is 4.79 Å². The average molecular weight is 169 g/mol. The number of hydrogen-bond donors (Lipinski definition) is 2. The lowest BCUT2D eigenvalue weighted by molar-refractivity contribution is -0.138. The molecule has 0 spiro atoms. The highest BCUT2D eigenvalue weighted by Crippen LogP contribution is 2.21. The first-order chi connectivity index (χ1) is 5.52. The number of carbonyl (C=O) groups is 1. The molecule has 1 unspecified atom stereocenters. The Morgan fingerprint density at radius 1 is 1.83 bits per heavy atom. The van der Waals surface area contributed by atoms with E-state index in [1.807, 2.05) is 0 Å². The maximum Gasteiger partial charge on any atom is 0.305 e. The zero-order valence-electron chi connectivity index (χ0n) is 6.78. The summed E-state index contributed by atoms with van der Waals surface area (Å²) in [6.45, 7) is 1.66. The van der Waals surface area contributed by atoms with E-state index in [0.29, 0.717) is 5.56 Å². The van der Waals surface area contributed by atoms with Gasteiger partial charge in [0.15, 0.2) is 0 Å². The second-order valence-corrected chi connectivity index (χ2v) is 3.00. The van der Waals surface area contributed by atoms with E-state index in [2.05, 4.69) is 0 Å². The monoisotopic (exact) mass is 169 g/mol. The van der Waals surface area contributed by atoms with Crippen LogP contribution in [0.5, 0.6) is 0 Å². The molecule has 0 fully saturated rings. The summed E-state index contributed by atoms with van der Waals surface area (Å²) < 4.78 is 4.81. The van der Waals surface area contributed by atoms with Gasteiger partial charge in [-0.05, 0) is 13.0 Å². The fraction of sp³-hybridized carbons (Fsp3) is 0.375. The molecule has 4 heteroatoms. The van der Waals surface area contributed by atoms with Crippen LogP contribution < -0.4 is 5.73 Å². The van der Waals surface area contributed by atoms with Crippen LogP contribution in [-0.2, 0) is 10.3 Å². The number of carboxylic acids is 1. The van der Waals surface area contributed by atoms with Crippen LogP contribution >= 0.6 is 0 Å². The summed E-state index contributed by atoms with van der Waals surface area (Å²) in [5.41, 5.74) is 5.59. The number of furan rings is 1. The highest BCUT2D eigenvalue weighted by atomic mass is 16.4. The first-order valence-electron chi connectivity index (χ1n) is 3.56. The van der Waals surface area contributed by atoms with E-state index in [9.17, 15) is 4.79 Å². The van der Waals surface area contributed by atoms with E-state index < -0.39 is 11.5 Å². The van der Waals surface area contributed by atoms with Crippen molar-refractivity contribution >= 4 is 5.97 Å². The molecule has 0 aliphatic carbocycles. The molecule has 3 N–H and O–H groups in total. The topological polar surface area (TPSA) is 76.5 Å². The molecule has 1 heterocycles. The molecule has 1 atom stereocenters. The van der Waals surface area contributed by atoms with Crippen molar-refractivity contribution in [3.8, 4) is 0 Å². The molecule has 1 aromatic heterocycles. The Morgan fingerprint density at radius 2 is 2.50 bits per heavy atom. The Balaban J connectivity index is 2.79. The zero-order valence-corrected chi connectivity index (χ0v) is 6.78. The third-order valence-electron chi connectivity index (χ3n) is 1.70. The summed E-state index contributed by atoms with van der Waals surface area (Å²) >= 11 is 0. The maximum atomic E-state index is 10.4. The summed E-state index contributed by atoms with van der Waals surface area (Å²) in [7, 11) is 0. The molecule has 0 saturated heterocycles. The molecule has 0 amide bonds. The first-order valence-corrected chi connectivity index (χ1v) is 3.56. The average Bonchev–Trinajstić information content (AvgIpc) is 2.32. The SMILES string of the molecule is CC(N)(CC(=O)O)c1ccoc1. The van der Waals surface area contributed by atoms with Crippen LogP contribution in [0.1, 0.15) is 18.9 Å². The minimum atomic E-state index is -0.916. The van der Waals surface area contributed by atoms with Gasteiger partial charge < -0.3 is 15.3 Å². The third kappa shape index (κ3) is 1.85. The van der Waals surface area contributed by atoms with Crippen molar-refractivity contribution in [2.45, 2.75) is 18.9 Å². The molecule has 4 nitrogen and oxygen atoms in total. The van der Waals surface area contributed by atoms with Gasteiger partial charge in [0.1, 0.15) is 0 Å². The molecule has 0 bridgehead atoms. The van der Waals surface area contributed by atoms with E-state index in [1.165, 1.54) is 12.5 Å². The van der Waals surface area contributed by atoms with Crippen molar-refractivity contribution < 1.29 is 14.3 Å². The fourth-order valence-corrected chi connectivity index (χ4v) is 1.01. The zero-order chi connectivity index (χ0) is 9.19. The number of nitrogens with two attached hydrogens (primary N) is 1. The molecule has 0 radical (unpaired) electrons. The number of rotatable bonds is 3. The molecule has 0 aromatic carbocycles. The molecule has 0 aliphatic rings. The molecule has 0 saturated carbocycles. The second kappa shape index (κ2) is 2.98. The molecule has 1 rings (SSSR count). The van der Waals surface area contributed by atoms with Gasteiger partial charge in [-0.2, -0.15) is 0 Å². The van der Waals surface area contributed by atoms with Gasteiger partial charge in [0, 0.05) is 5.56 Å². The summed E-state index contributed by atoms with van der Waals surface area (Å²) in [5.74, 6) is -0.916. The Morgan fingerprint density at radius 3 is 2.92 bits per heavy atom.